The second kappa shape index (κ2) is 4.82. The maximum Gasteiger partial charge on any atom is 0.0510 e. The van der Waals surface area contributed by atoms with Crippen LogP contribution in [-0.4, -0.2) is 45.4 Å². The molecule has 4 bridgehead atoms. The minimum absolute atomic E-state index is 0.234. The topological polar surface area (TPSA) is 59.5 Å². The van der Waals surface area contributed by atoms with E-state index in [2.05, 4.69) is 41.1 Å². The fourth-order valence-corrected chi connectivity index (χ4v) is 5.95. The number of hydrogen-bond acceptors (Lipinski definition) is 3. The average molecular weight is 312 g/mol. The molecule has 1 aromatic carbocycles. The third kappa shape index (κ3) is 1.66. The van der Waals surface area contributed by atoms with Crippen molar-refractivity contribution in [2.75, 3.05) is 13.2 Å². The number of aliphatic hydroxyl groups is 2. The van der Waals surface area contributed by atoms with Crippen molar-refractivity contribution in [3.63, 3.8) is 0 Å². The van der Waals surface area contributed by atoms with Gasteiger partial charge in [0.05, 0.1) is 6.04 Å². The Bertz CT molecular complexity index is 755. The second-order valence-corrected chi connectivity index (χ2v) is 7.63. The molecule has 0 aliphatic carbocycles. The van der Waals surface area contributed by atoms with Gasteiger partial charge in [0.1, 0.15) is 0 Å². The Morgan fingerprint density at radius 1 is 1.17 bits per heavy atom. The molecule has 4 aliphatic rings. The molecule has 0 spiro atoms. The number of piperidine rings is 3. The Kier molecular flexibility index (Phi) is 2.94. The number of benzene rings is 1. The molecule has 3 N–H and O–H groups in total. The van der Waals surface area contributed by atoms with E-state index in [9.17, 15) is 10.2 Å². The third-order valence-corrected chi connectivity index (χ3v) is 6.94. The summed E-state index contributed by atoms with van der Waals surface area (Å²) in [6.45, 7) is 2.73. The Morgan fingerprint density at radius 2 is 1.96 bits per heavy atom. The van der Waals surface area contributed by atoms with Crippen LogP contribution in [0.2, 0.25) is 0 Å². The summed E-state index contributed by atoms with van der Waals surface area (Å²) in [7, 11) is 0. The molecule has 2 aromatic rings. The first-order chi connectivity index (χ1) is 11.2. The Hall–Kier alpha value is -1.36. The molecule has 3 fully saturated rings. The summed E-state index contributed by atoms with van der Waals surface area (Å²) in [5.74, 6) is 1.02. The largest absolute Gasteiger partial charge is 0.396 e. The smallest absolute Gasteiger partial charge is 0.0510 e. The van der Waals surface area contributed by atoms with Crippen molar-refractivity contribution < 1.29 is 10.2 Å². The fraction of sp³-hybridized carbons (Fsp3) is 0.579. The summed E-state index contributed by atoms with van der Waals surface area (Å²) in [4.78, 5) is 6.27. The van der Waals surface area contributed by atoms with Crippen LogP contribution in [0.5, 0.6) is 0 Å². The van der Waals surface area contributed by atoms with Gasteiger partial charge in [0, 0.05) is 53.7 Å². The number of aromatic nitrogens is 1. The summed E-state index contributed by atoms with van der Waals surface area (Å²) in [5, 5.41) is 21.2. The van der Waals surface area contributed by atoms with Gasteiger partial charge in [0.2, 0.25) is 0 Å². The molecule has 7 atom stereocenters. The van der Waals surface area contributed by atoms with Crippen LogP contribution in [-0.2, 0) is 6.42 Å². The van der Waals surface area contributed by atoms with E-state index >= 15 is 0 Å². The SMILES string of the molecule is CC1C(CO)[C@@H]2C[C@H]3c4[nH]c5ccccc5c4C[C@@H](C2CO)N13. The van der Waals surface area contributed by atoms with Gasteiger partial charge in [0.15, 0.2) is 0 Å². The highest BCUT2D eigenvalue weighted by molar-refractivity contribution is 5.85. The van der Waals surface area contributed by atoms with Gasteiger partial charge in [-0.3, -0.25) is 4.90 Å². The number of para-hydroxylation sites is 1. The molecule has 4 nitrogen and oxygen atoms in total. The highest BCUT2D eigenvalue weighted by atomic mass is 16.3. The molecule has 6 rings (SSSR count). The normalized spacial score (nSPS) is 41.3. The van der Waals surface area contributed by atoms with Gasteiger partial charge < -0.3 is 15.2 Å². The van der Waals surface area contributed by atoms with E-state index in [4.69, 9.17) is 0 Å². The van der Waals surface area contributed by atoms with Gasteiger partial charge in [0.25, 0.3) is 0 Å². The summed E-state index contributed by atoms with van der Waals surface area (Å²) in [5.41, 5.74) is 4.07. The highest BCUT2D eigenvalue weighted by Crippen LogP contribution is 2.56. The second-order valence-electron chi connectivity index (χ2n) is 7.63. The van der Waals surface area contributed by atoms with E-state index < -0.39 is 0 Å². The summed E-state index contributed by atoms with van der Waals surface area (Å²) < 4.78 is 0. The van der Waals surface area contributed by atoms with Gasteiger partial charge in [-0.1, -0.05) is 18.2 Å². The van der Waals surface area contributed by atoms with Crippen LogP contribution in [0.4, 0.5) is 0 Å². The summed E-state index contributed by atoms with van der Waals surface area (Å²) in [6, 6.07) is 9.79. The lowest BCUT2D eigenvalue weighted by atomic mass is 9.60. The predicted octanol–water partition coefficient (Wildman–Crippen LogP) is 2.07. The van der Waals surface area contributed by atoms with Crippen LogP contribution >= 0.6 is 0 Å². The lowest BCUT2D eigenvalue weighted by Gasteiger charge is -2.63. The molecule has 4 aliphatic heterocycles. The van der Waals surface area contributed by atoms with Crippen LogP contribution in [0.15, 0.2) is 24.3 Å². The zero-order valence-corrected chi connectivity index (χ0v) is 13.4. The predicted molar refractivity (Wildman–Crippen MR) is 89.1 cm³/mol. The highest BCUT2D eigenvalue weighted by Gasteiger charge is 2.57. The first kappa shape index (κ1) is 14.0. The lowest BCUT2D eigenvalue weighted by Crippen LogP contribution is -2.67. The first-order valence-electron chi connectivity index (χ1n) is 8.83. The number of nitrogens with one attached hydrogen (secondary N) is 1. The molecular formula is C19H24N2O2. The molecule has 5 heterocycles. The van der Waals surface area contributed by atoms with Crippen molar-refractivity contribution >= 4 is 10.9 Å². The van der Waals surface area contributed by atoms with E-state index in [1.54, 1.807) is 0 Å². The van der Waals surface area contributed by atoms with Crippen LogP contribution in [0.3, 0.4) is 0 Å². The van der Waals surface area contributed by atoms with Crippen LogP contribution < -0.4 is 0 Å². The number of H-pyrrole nitrogens is 1. The fourth-order valence-electron chi connectivity index (χ4n) is 5.95. The number of aliphatic hydroxyl groups excluding tert-OH is 2. The van der Waals surface area contributed by atoms with Crippen LogP contribution in [0.1, 0.15) is 30.6 Å². The molecule has 3 saturated heterocycles. The monoisotopic (exact) mass is 312 g/mol. The Morgan fingerprint density at radius 3 is 2.74 bits per heavy atom. The molecule has 4 heteroatoms. The van der Waals surface area contributed by atoms with Crippen LogP contribution in [0, 0.1) is 17.8 Å². The summed E-state index contributed by atoms with van der Waals surface area (Å²) >= 11 is 0. The quantitative estimate of drug-likeness (QED) is 0.796. The van der Waals surface area contributed by atoms with Crippen molar-refractivity contribution in [2.45, 2.75) is 37.9 Å². The third-order valence-electron chi connectivity index (χ3n) is 6.94. The van der Waals surface area contributed by atoms with Gasteiger partial charge in [-0.05, 0) is 37.3 Å². The Balaban J connectivity index is 1.68. The summed E-state index contributed by atoms with van der Waals surface area (Å²) in [6.07, 6.45) is 2.07. The van der Waals surface area contributed by atoms with E-state index in [-0.39, 0.29) is 13.2 Å². The number of nitrogens with zero attached hydrogens (tertiary/aromatic N) is 1. The van der Waals surface area contributed by atoms with Crippen molar-refractivity contribution in [3.8, 4) is 0 Å². The van der Waals surface area contributed by atoms with Crippen molar-refractivity contribution in [1.82, 2.24) is 9.88 Å². The first-order valence-corrected chi connectivity index (χ1v) is 8.83. The minimum Gasteiger partial charge on any atom is -0.396 e. The van der Waals surface area contributed by atoms with E-state index in [1.165, 1.54) is 22.2 Å². The van der Waals surface area contributed by atoms with E-state index in [0.29, 0.717) is 35.9 Å². The molecule has 0 amide bonds. The maximum atomic E-state index is 10.0. The van der Waals surface area contributed by atoms with Gasteiger partial charge in [-0.2, -0.15) is 0 Å². The molecule has 122 valence electrons. The van der Waals surface area contributed by atoms with Crippen molar-refractivity contribution in [3.05, 3.63) is 35.5 Å². The molecule has 0 radical (unpaired) electrons. The lowest BCUT2D eigenvalue weighted by molar-refractivity contribution is -0.154. The minimum atomic E-state index is 0.234. The van der Waals surface area contributed by atoms with Crippen molar-refractivity contribution in [2.24, 2.45) is 17.8 Å². The molecule has 23 heavy (non-hydrogen) atoms. The molecule has 4 unspecified atom stereocenters. The average Bonchev–Trinajstić information content (AvgIpc) is 2.94. The number of fused-ring (bicyclic) bond motifs is 4. The number of rotatable bonds is 2. The van der Waals surface area contributed by atoms with E-state index in [0.717, 1.165) is 12.8 Å². The number of aromatic amines is 1. The molecule has 1 aromatic heterocycles. The van der Waals surface area contributed by atoms with Crippen molar-refractivity contribution in [1.29, 1.82) is 0 Å². The van der Waals surface area contributed by atoms with E-state index in [1.807, 2.05) is 0 Å². The van der Waals surface area contributed by atoms with Gasteiger partial charge in [-0.25, -0.2) is 0 Å². The zero-order chi connectivity index (χ0) is 15.7. The standard InChI is InChI=1S/C19H24N2O2/c1-10-14(8-22)12-6-18-19-13(7-17(21(10)18)15(12)9-23)11-4-2-3-5-16(11)20-19/h2-5,10,12,14-15,17-18,20,22-23H,6-9H2,1H3/t10?,12-,14?,15?,17-,18-/m0/s1. The maximum absolute atomic E-state index is 10.0. The number of hydrogen-bond donors (Lipinski definition) is 3. The van der Waals surface area contributed by atoms with Gasteiger partial charge >= 0.3 is 0 Å². The Labute approximate surface area is 136 Å². The van der Waals surface area contributed by atoms with Crippen LogP contribution in [0.25, 0.3) is 10.9 Å². The molecular weight excluding hydrogens is 288 g/mol. The van der Waals surface area contributed by atoms with Gasteiger partial charge in [-0.15, -0.1) is 0 Å². The molecule has 0 saturated carbocycles. The zero-order valence-electron chi connectivity index (χ0n) is 13.4.